The number of rotatable bonds is 1. The van der Waals surface area contributed by atoms with Crippen LogP contribution >= 0.6 is 11.8 Å². The molecule has 2 heterocycles. The van der Waals surface area contributed by atoms with Gasteiger partial charge in [-0.1, -0.05) is 0 Å². The molecule has 0 spiro atoms. The smallest absolute Gasteiger partial charge is 0.344 e. The number of carboxylic acid groups (broad SMARTS) is 1. The van der Waals surface area contributed by atoms with Crippen LogP contribution in [0.5, 0.6) is 0 Å². The van der Waals surface area contributed by atoms with Crippen molar-refractivity contribution in [2.24, 2.45) is 0 Å². The van der Waals surface area contributed by atoms with Crippen LogP contribution in [-0.2, 0) is 14.3 Å². The van der Waals surface area contributed by atoms with Crippen LogP contribution in [0.4, 0.5) is 0 Å². The van der Waals surface area contributed by atoms with E-state index in [1.54, 1.807) is 5.41 Å². The molecule has 4 nitrogen and oxygen atoms in total. The van der Waals surface area contributed by atoms with E-state index in [2.05, 4.69) is 0 Å². The molecule has 0 saturated carbocycles. The number of carbonyl (C=O) groups is 1. The Morgan fingerprint density at radius 2 is 2.50 bits per heavy atom. The van der Waals surface area contributed by atoms with Gasteiger partial charge in [0.2, 0.25) is 5.60 Å². The highest BCUT2D eigenvalue weighted by Crippen LogP contribution is 2.38. The fraction of sp³-hybridized carbons (Fsp3) is 0.571. The van der Waals surface area contributed by atoms with E-state index >= 15 is 0 Å². The summed E-state index contributed by atoms with van der Waals surface area (Å²) in [6, 6.07) is 0. The molecule has 2 aliphatic rings. The van der Waals surface area contributed by atoms with Gasteiger partial charge in [-0.25, -0.2) is 4.79 Å². The second kappa shape index (κ2) is 2.67. The van der Waals surface area contributed by atoms with E-state index in [0.29, 0.717) is 24.7 Å². The first-order valence-electron chi connectivity index (χ1n) is 3.58. The molecule has 1 N–H and O–H groups in total. The molecule has 0 amide bonds. The van der Waals surface area contributed by atoms with Crippen LogP contribution in [0.25, 0.3) is 0 Å². The monoisotopic (exact) mass is 188 g/mol. The molecule has 2 aliphatic heterocycles. The molecule has 0 aromatic rings. The summed E-state index contributed by atoms with van der Waals surface area (Å²) in [5.41, 5.74) is -1.19. The largest absolute Gasteiger partial charge is 0.491 e. The van der Waals surface area contributed by atoms with Crippen LogP contribution in [0.15, 0.2) is 11.2 Å². The van der Waals surface area contributed by atoms with Gasteiger partial charge < -0.3 is 14.6 Å². The van der Waals surface area contributed by atoms with Gasteiger partial charge in [-0.2, -0.15) is 0 Å². The van der Waals surface area contributed by atoms with Crippen molar-refractivity contribution in [1.29, 1.82) is 0 Å². The number of ether oxygens (including phenoxy) is 2. The Bertz CT molecular complexity index is 250. The van der Waals surface area contributed by atoms with Crippen molar-refractivity contribution in [2.75, 3.05) is 19.0 Å². The summed E-state index contributed by atoms with van der Waals surface area (Å²) in [7, 11) is 0. The Hall–Kier alpha value is -0.680. The zero-order chi connectivity index (χ0) is 8.60. The summed E-state index contributed by atoms with van der Waals surface area (Å²) in [5, 5.41) is 10.7. The Labute approximate surface area is 73.5 Å². The normalized spacial score (nSPS) is 33.5. The number of aliphatic carboxylic acids is 1. The lowest BCUT2D eigenvalue weighted by molar-refractivity contribution is -0.171. The van der Waals surface area contributed by atoms with E-state index in [4.69, 9.17) is 14.6 Å². The van der Waals surface area contributed by atoms with E-state index in [9.17, 15) is 4.79 Å². The first kappa shape index (κ1) is 7.94. The zero-order valence-corrected chi connectivity index (χ0v) is 7.10. The van der Waals surface area contributed by atoms with Gasteiger partial charge in [-0.15, -0.1) is 11.8 Å². The van der Waals surface area contributed by atoms with Crippen LogP contribution in [0.2, 0.25) is 0 Å². The molecule has 5 heteroatoms. The molecule has 0 aromatic carbocycles. The summed E-state index contributed by atoms with van der Waals surface area (Å²) in [6.45, 7) is 0.797. The summed E-state index contributed by atoms with van der Waals surface area (Å²) in [4.78, 5) is 10.9. The molecule has 66 valence electrons. The van der Waals surface area contributed by atoms with Crippen LogP contribution in [0, 0.1) is 0 Å². The molecular weight excluding hydrogens is 180 g/mol. The van der Waals surface area contributed by atoms with Gasteiger partial charge in [0, 0.05) is 11.2 Å². The molecule has 12 heavy (non-hydrogen) atoms. The third kappa shape index (κ3) is 0.931. The highest BCUT2D eigenvalue weighted by Gasteiger charge is 2.50. The summed E-state index contributed by atoms with van der Waals surface area (Å²) < 4.78 is 10.4. The molecule has 0 radical (unpaired) electrons. The summed E-state index contributed by atoms with van der Waals surface area (Å²) in [6.07, 6.45) is 0. The van der Waals surface area contributed by atoms with Gasteiger partial charge in [0.05, 0.1) is 6.61 Å². The average Bonchev–Trinajstić information content (AvgIpc) is 2.48. The summed E-state index contributed by atoms with van der Waals surface area (Å²) in [5.74, 6) is -0.0952. The predicted molar refractivity (Wildman–Crippen MR) is 42.8 cm³/mol. The van der Waals surface area contributed by atoms with E-state index in [1.165, 1.54) is 11.8 Å². The molecule has 1 saturated heterocycles. The topological polar surface area (TPSA) is 55.8 Å². The molecule has 0 bridgehead atoms. The maximum atomic E-state index is 10.9. The molecule has 0 aromatic heterocycles. The van der Waals surface area contributed by atoms with Crippen molar-refractivity contribution in [2.45, 2.75) is 5.60 Å². The third-order valence-electron chi connectivity index (χ3n) is 1.91. The lowest BCUT2D eigenvalue weighted by Gasteiger charge is -2.31. The van der Waals surface area contributed by atoms with E-state index < -0.39 is 11.6 Å². The lowest BCUT2D eigenvalue weighted by atomic mass is 10.0. The fourth-order valence-corrected chi connectivity index (χ4v) is 2.34. The number of fused-ring (bicyclic) bond motifs is 1. The second-order valence-corrected chi connectivity index (χ2v) is 3.48. The minimum absolute atomic E-state index is 0.351. The highest BCUT2D eigenvalue weighted by atomic mass is 32.2. The van der Waals surface area contributed by atoms with Gasteiger partial charge in [0.1, 0.15) is 12.4 Å². The molecule has 1 unspecified atom stereocenters. The number of thioether (sulfide) groups is 1. The minimum atomic E-state index is -1.19. The molecule has 1 fully saturated rings. The van der Waals surface area contributed by atoms with Crippen LogP contribution in [0.3, 0.4) is 0 Å². The fourth-order valence-electron chi connectivity index (χ4n) is 1.26. The van der Waals surface area contributed by atoms with Gasteiger partial charge in [0.25, 0.3) is 0 Å². The Kier molecular flexibility index (Phi) is 1.77. The van der Waals surface area contributed by atoms with Crippen molar-refractivity contribution >= 4 is 17.7 Å². The highest BCUT2D eigenvalue weighted by molar-refractivity contribution is 8.02. The quantitative estimate of drug-likeness (QED) is 0.647. The van der Waals surface area contributed by atoms with Crippen molar-refractivity contribution in [3.63, 3.8) is 0 Å². The molecule has 1 atom stereocenters. The van der Waals surface area contributed by atoms with Crippen molar-refractivity contribution < 1.29 is 19.4 Å². The maximum absolute atomic E-state index is 10.9. The SMILES string of the molecule is O=C(O)C12CSC=C1OCCO2. The minimum Gasteiger partial charge on any atom is -0.491 e. The standard InChI is InChI=1S/C7H8O4S/c8-6(9)7-4-12-3-5(7)10-1-2-11-7/h3H,1-2,4H2,(H,8,9). The van der Waals surface area contributed by atoms with Crippen LogP contribution in [0.1, 0.15) is 0 Å². The van der Waals surface area contributed by atoms with E-state index in [1.807, 2.05) is 0 Å². The van der Waals surface area contributed by atoms with Gasteiger partial charge in [0.15, 0.2) is 0 Å². The van der Waals surface area contributed by atoms with Crippen LogP contribution < -0.4 is 0 Å². The van der Waals surface area contributed by atoms with Crippen molar-refractivity contribution in [3.05, 3.63) is 11.2 Å². The first-order valence-corrected chi connectivity index (χ1v) is 4.63. The van der Waals surface area contributed by atoms with Gasteiger partial charge in [-0.3, -0.25) is 0 Å². The van der Waals surface area contributed by atoms with Crippen LogP contribution in [-0.4, -0.2) is 35.6 Å². The number of carboxylic acids is 1. The van der Waals surface area contributed by atoms with E-state index in [0.717, 1.165) is 0 Å². The molecule has 2 rings (SSSR count). The average molecular weight is 188 g/mol. The zero-order valence-electron chi connectivity index (χ0n) is 6.28. The first-order chi connectivity index (χ1) is 5.76. The third-order valence-corrected chi connectivity index (χ3v) is 2.86. The van der Waals surface area contributed by atoms with E-state index in [-0.39, 0.29) is 0 Å². The number of hydrogen-bond acceptors (Lipinski definition) is 4. The number of hydrogen-bond donors (Lipinski definition) is 1. The Balaban J connectivity index is 2.31. The van der Waals surface area contributed by atoms with Crippen molar-refractivity contribution in [3.8, 4) is 0 Å². The Morgan fingerprint density at radius 1 is 1.67 bits per heavy atom. The molecule has 0 aliphatic carbocycles. The van der Waals surface area contributed by atoms with Crippen molar-refractivity contribution in [1.82, 2.24) is 0 Å². The van der Waals surface area contributed by atoms with Gasteiger partial charge >= 0.3 is 5.97 Å². The second-order valence-electron chi connectivity index (χ2n) is 2.62. The predicted octanol–water partition coefficient (Wildman–Crippen LogP) is 0.445. The Morgan fingerprint density at radius 3 is 3.17 bits per heavy atom. The maximum Gasteiger partial charge on any atom is 0.344 e. The summed E-state index contributed by atoms with van der Waals surface area (Å²) >= 11 is 1.41. The molecular formula is C7H8O4S. The van der Waals surface area contributed by atoms with Gasteiger partial charge in [-0.05, 0) is 0 Å². The lowest BCUT2D eigenvalue weighted by Crippen LogP contribution is -2.48.